The lowest BCUT2D eigenvalue weighted by atomic mass is 10.0. The lowest BCUT2D eigenvalue weighted by molar-refractivity contribution is 0.103. The highest BCUT2D eigenvalue weighted by atomic mass is 16.5. The second-order valence-corrected chi connectivity index (χ2v) is 4.04. The molecule has 0 spiro atoms. The van der Waals surface area contributed by atoms with Crippen LogP contribution in [0.15, 0.2) is 48.4 Å². The molecule has 0 radical (unpaired) electrons. The molecular formula is C16H14O3. The molecule has 3 rings (SSSR count). The van der Waals surface area contributed by atoms with Crippen molar-refractivity contribution in [3.63, 3.8) is 0 Å². The Morgan fingerprint density at radius 1 is 1.00 bits per heavy atom. The first-order valence-electron chi connectivity index (χ1n) is 8.43. The Balaban J connectivity index is 2.09. The van der Waals surface area contributed by atoms with Crippen molar-refractivity contribution in [2.45, 2.75) is 6.42 Å². The van der Waals surface area contributed by atoms with Crippen molar-refractivity contribution in [1.29, 1.82) is 0 Å². The Kier molecular flexibility index (Phi) is 1.99. The minimum absolute atomic E-state index is 0.179. The molecule has 0 unspecified atom stereocenters. The average Bonchev–Trinajstić information content (AvgIpc) is 2.83. The number of hydrogen-bond donors (Lipinski definition) is 0. The van der Waals surface area contributed by atoms with E-state index < -0.39 is 36.0 Å². The molecule has 0 saturated carbocycles. The highest BCUT2D eigenvalue weighted by molar-refractivity contribution is 6.09. The van der Waals surface area contributed by atoms with Gasteiger partial charge in [-0.05, 0) is 18.2 Å². The Morgan fingerprint density at radius 3 is 2.53 bits per heavy atom. The normalized spacial score (nSPS) is 17.4. The zero-order valence-corrected chi connectivity index (χ0v) is 10.1. The molecule has 0 aliphatic carbocycles. The van der Waals surface area contributed by atoms with Crippen molar-refractivity contribution in [1.82, 2.24) is 0 Å². The highest BCUT2D eigenvalue weighted by Gasteiger charge is 2.14. The SMILES string of the molecule is [2H]c1c([2H])c([2H])c(C(=O)c2ccc3c(c2)OCCCO3)c([2H])c1[2H]. The molecule has 2 aromatic rings. The topological polar surface area (TPSA) is 35.5 Å². The van der Waals surface area contributed by atoms with Crippen LogP contribution in [-0.4, -0.2) is 19.0 Å². The largest absolute Gasteiger partial charge is 0.490 e. The molecule has 96 valence electrons. The zero-order valence-electron chi connectivity index (χ0n) is 15.1. The first-order valence-corrected chi connectivity index (χ1v) is 5.93. The maximum atomic E-state index is 12.7. The van der Waals surface area contributed by atoms with E-state index in [9.17, 15) is 4.79 Å². The van der Waals surface area contributed by atoms with E-state index in [-0.39, 0.29) is 11.1 Å². The fraction of sp³-hybridized carbons (Fsp3) is 0.188. The number of hydrogen-bond acceptors (Lipinski definition) is 3. The third-order valence-corrected chi connectivity index (χ3v) is 2.74. The van der Waals surface area contributed by atoms with Gasteiger partial charge in [0.05, 0.1) is 20.1 Å². The van der Waals surface area contributed by atoms with Gasteiger partial charge in [0.1, 0.15) is 0 Å². The fourth-order valence-electron chi connectivity index (χ4n) is 1.81. The summed E-state index contributed by atoms with van der Waals surface area (Å²) in [6, 6.07) is 1.93. The first-order chi connectivity index (χ1) is 11.4. The summed E-state index contributed by atoms with van der Waals surface area (Å²) in [5.74, 6) is 0.276. The smallest absolute Gasteiger partial charge is 0.193 e. The lowest BCUT2D eigenvalue weighted by Gasteiger charge is -2.08. The number of carbonyl (C=O) groups excluding carboxylic acids is 1. The van der Waals surface area contributed by atoms with Gasteiger partial charge in [-0.3, -0.25) is 4.79 Å². The van der Waals surface area contributed by atoms with Gasteiger partial charge in [-0.2, -0.15) is 0 Å². The highest BCUT2D eigenvalue weighted by Crippen LogP contribution is 2.31. The van der Waals surface area contributed by atoms with Crippen LogP contribution in [0.5, 0.6) is 11.5 Å². The number of fused-ring (bicyclic) bond motifs is 1. The van der Waals surface area contributed by atoms with Crippen LogP contribution >= 0.6 is 0 Å². The zero-order chi connectivity index (χ0) is 17.4. The van der Waals surface area contributed by atoms with Crippen LogP contribution in [-0.2, 0) is 0 Å². The van der Waals surface area contributed by atoms with Gasteiger partial charge in [0.2, 0.25) is 0 Å². The Bertz CT molecular complexity index is 806. The van der Waals surface area contributed by atoms with Crippen molar-refractivity contribution in [3.8, 4) is 11.5 Å². The van der Waals surface area contributed by atoms with Gasteiger partial charge in [0, 0.05) is 17.5 Å². The van der Waals surface area contributed by atoms with Gasteiger partial charge in [-0.1, -0.05) is 30.2 Å². The van der Waals surface area contributed by atoms with E-state index in [1.165, 1.54) is 12.1 Å². The average molecular weight is 259 g/mol. The summed E-state index contributed by atoms with van der Waals surface area (Å²) in [6.07, 6.45) is 0.723. The fourth-order valence-corrected chi connectivity index (χ4v) is 1.81. The second kappa shape index (κ2) is 5.14. The van der Waals surface area contributed by atoms with E-state index in [0.717, 1.165) is 6.42 Å². The predicted molar refractivity (Wildman–Crippen MR) is 71.9 cm³/mol. The van der Waals surface area contributed by atoms with Gasteiger partial charge < -0.3 is 9.47 Å². The quantitative estimate of drug-likeness (QED) is 0.777. The molecule has 1 aliphatic rings. The van der Waals surface area contributed by atoms with Crippen molar-refractivity contribution in [3.05, 3.63) is 59.5 Å². The second-order valence-electron chi connectivity index (χ2n) is 4.04. The van der Waals surface area contributed by atoms with E-state index in [4.69, 9.17) is 16.3 Å². The van der Waals surface area contributed by atoms with E-state index >= 15 is 0 Å². The van der Waals surface area contributed by atoms with Crippen LogP contribution in [0.2, 0.25) is 0 Å². The molecule has 0 fully saturated rings. The molecule has 0 atom stereocenters. The maximum absolute atomic E-state index is 12.7. The molecule has 0 N–H and O–H groups in total. The Labute approximate surface area is 118 Å². The van der Waals surface area contributed by atoms with Crippen molar-refractivity contribution < 1.29 is 21.1 Å². The van der Waals surface area contributed by atoms with Crippen LogP contribution in [0.4, 0.5) is 0 Å². The molecule has 0 bridgehead atoms. The van der Waals surface area contributed by atoms with E-state index in [0.29, 0.717) is 24.7 Å². The number of ether oxygens (including phenoxy) is 2. The van der Waals surface area contributed by atoms with Gasteiger partial charge in [-0.15, -0.1) is 0 Å². The molecule has 0 amide bonds. The summed E-state index contributed by atoms with van der Waals surface area (Å²) in [7, 11) is 0. The molecule has 1 heterocycles. The summed E-state index contributed by atoms with van der Waals surface area (Å²) in [5.41, 5.74) is -0.173. The maximum Gasteiger partial charge on any atom is 0.193 e. The van der Waals surface area contributed by atoms with Crippen LogP contribution in [0, 0.1) is 0 Å². The molecular weight excluding hydrogens is 240 g/mol. The number of benzene rings is 2. The Hall–Kier alpha value is -2.29. The van der Waals surface area contributed by atoms with Gasteiger partial charge in [-0.25, -0.2) is 0 Å². The Morgan fingerprint density at radius 2 is 1.74 bits per heavy atom. The van der Waals surface area contributed by atoms with E-state index in [1.54, 1.807) is 6.07 Å². The molecule has 2 aromatic carbocycles. The monoisotopic (exact) mass is 259 g/mol. The van der Waals surface area contributed by atoms with Crippen LogP contribution in [0.1, 0.15) is 29.2 Å². The molecule has 0 aromatic heterocycles. The molecule has 3 heteroatoms. The third kappa shape index (κ3) is 2.45. The summed E-state index contributed by atoms with van der Waals surface area (Å²) in [4.78, 5) is 12.7. The molecule has 19 heavy (non-hydrogen) atoms. The molecule has 0 saturated heterocycles. The van der Waals surface area contributed by atoms with Crippen LogP contribution in [0.3, 0.4) is 0 Å². The summed E-state index contributed by atoms with van der Waals surface area (Å²) in [5, 5.41) is 0. The van der Waals surface area contributed by atoms with Crippen LogP contribution in [0.25, 0.3) is 0 Å². The number of rotatable bonds is 2. The first kappa shape index (κ1) is 7.34. The summed E-state index contributed by atoms with van der Waals surface area (Å²) in [6.45, 7) is 0.975. The molecule has 3 nitrogen and oxygen atoms in total. The van der Waals surface area contributed by atoms with Gasteiger partial charge in [0.15, 0.2) is 17.3 Å². The van der Waals surface area contributed by atoms with Crippen molar-refractivity contribution in [2.24, 2.45) is 0 Å². The van der Waals surface area contributed by atoms with Crippen LogP contribution < -0.4 is 9.47 Å². The summed E-state index contributed by atoms with van der Waals surface area (Å²) < 4.78 is 49.7. The minimum atomic E-state index is -0.650. The van der Waals surface area contributed by atoms with E-state index in [2.05, 4.69) is 0 Å². The molecule has 1 aliphatic heterocycles. The third-order valence-electron chi connectivity index (χ3n) is 2.74. The minimum Gasteiger partial charge on any atom is -0.490 e. The number of ketones is 1. The van der Waals surface area contributed by atoms with Gasteiger partial charge >= 0.3 is 0 Å². The van der Waals surface area contributed by atoms with Crippen molar-refractivity contribution in [2.75, 3.05) is 13.2 Å². The van der Waals surface area contributed by atoms with E-state index in [1.807, 2.05) is 0 Å². The lowest BCUT2D eigenvalue weighted by Crippen LogP contribution is -2.02. The predicted octanol–water partition coefficient (Wildman–Crippen LogP) is 3.08. The van der Waals surface area contributed by atoms with Crippen molar-refractivity contribution >= 4 is 5.78 Å². The standard InChI is InChI=1S/C16H14O3/c17-16(12-5-2-1-3-6-12)13-7-8-14-15(11-13)19-10-4-9-18-14/h1-3,5-8,11H,4,9-10H2/i1D,2D,3D,5D,6D. The van der Waals surface area contributed by atoms with Gasteiger partial charge in [0.25, 0.3) is 0 Å². The summed E-state index contributed by atoms with van der Waals surface area (Å²) >= 11 is 0. The number of carbonyl (C=O) groups is 1.